The first-order valence-corrected chi connectivity index (χ1v) is 6.89. The number of benzene rings is 2. The van der Waals surface area contributed by atoms with Crippen LogP contribution in [0.15, 0.2) is 76.1 Å². The summed E-state index contributed by atoms with van der Waals surface area (Å²) >= 11 is 0. The van der Waals surface area contributed by atoms with E-state index >= 15 is 0 Å². The second-order valence-corrected chi connectivity index (χ2v) is 4.84. The summed E-state index contributed by atoms with van der Waals surface area (Å²) in [5.74, 6) is -0.877. The van der Waals surface area contributed by atoms with Gasteiger partial charge in [-0.3, -0.25) is 4.79 Å². The fraction of sp³-hybridized carbons (Fsp3) is 0. The van der Waals surface area contributed by atoms with Gasteiger partial charge in [0.2, 0.25) is 0 Å². The normalized spacial score (nSPS) is 11.0. The van der Waals surface area contributed by atoms with Crippen LogP contribution in [-0.2, 0) is 0 Å². The van der Waals surface area contributed by atoms with E-state index in [2.05, 4.69) is 5.32 Å². The van der Waals surface area contributed by atoms with Gasteiger partial charge in [0.25, 0.3) is 0 Å². The largest absolute Gasteiger partial charge is 0.422 e. The molecule has 3 rings (SSSR count). The maximum atomic E-state index is 13.0. The lowest BCUT2D eigenvalue weighted by Crippen LogP contribution is -2.12. The zero-order valence-corrected chi connectivity index (χ0v) is 12.0. The molecule has 0 aliphatic carbocycles. The van der Waals surface area contributed by atoms with Crippen molar-refractivity contribution in [3.05, 3.63) is 88.7 Å². The number of carbonyl (C=O) groups excluding carboxylic acids is 1. The van der Waals surface area contributed by atoms with E-state index in [1.807, 2.05) is 0 Å². The Hall–Kier alpha value is -3.21. The molecule has 2 aromatic carbocycles. The molecule has 114 valence electrons. The SMILES string of the molecule is O=C(/C=C/Nc1cccc(F)c1)c1cc2ccccc2oc1=O. The minimum atomic E-state index is -0.691. The smallest absolute Gasteiger partial charge is 0.347 e. The van der Waals surface area contributed by atoms with Gasteiger partial charge in [-0.25, -0.2) is 9.18 Å². The van der Waals surface area contributed by atoms with Crippen molar-refractivity contribution < 1.29 is 13.6 Å². The maximum Gasteiger partial charge on any atom is 0.347 e. The molecule has 0 unspecified atom stereocenters. The molecular weight excluding hydrogens is 297 g/mol. The number of rotatable bonds is 4. The minimum absolute atomic E-state index is 0.0546. The van der Waals surface area contributed by atoms with Crippen molar-refractivity contribution in [1.82, 2.24) is 0 Å². The predicted molar refractivity (Wildman–Crippen MR) is 86.0 cm³/mol. The summed E-state index contributed by atoms with van der Waals surface area (Å²) in [6.45, 7) is 0. The number of carbonyl (C=O) groups is 1. The van der Waals surface area contributed by atoms with Gasteiger partial charge >= 0.3 is 5.63 Å². The van der Waals surface area contributed by atoms with E-state index in [0.29, 0.717) is 16.7 Å². The van der Waals surface area contributed by atoms with Crippen LogP contribution in [0.5, 0.6) is 0 Å². The first kappa shape index (κ1) is 14.7. The molecule has 0 spiro atoms. The average molecular weight is 309 g/mol. The van der Waals surface area contributed by atoms with Crippen LogP contribution >= 0.6 is 0 Å². The monoisotopic (exact) mass is 309 g/mol. The van der Waals surface area contributed by atoms with Crippen LogP contribution in [0.25, 0.3) is 11.0 Å². The molecule has 1 heterocycles. The number of hydrogen-bond acceptors (Lipinski definition) is 4. The van der Waals surface area contributed by atoms with Gasteiger partial charge in [-0.15, -0.1) is 0 Å². The van der Waals surface area contributed by atoms with Crippen LogP contribution < -0.4 is 10.9 Å². The maximum absolute atomic E-state index is 13.0. The summed E-state index contributed by atoms with van der Waals surface area (Å²) in [7, 11) is 0. The van der Waals surface area contributed by atoms with Crippen LogP contribution in [0.3, 0.4) is 0 Å². The molecular formula is C18H12FNO3. The Morgan fingerprint density at radius 2 is 1.91 bits per heavy atom. The third-order valence-corrected chi connectivity index (χ3v) is 3.22. The van der Waals surface area contributed by atoms with Gasteiger partial charge in [0.1, 0.15) is 17.0 Å². The third kappa shape index (κ3) is 3.35. The van der Waals surface area contributed by atoms with Gasteiger partial charge in [-0.2, -0.15) is 0 Å². The molecule has 0 bridgehead atoms. The molecule has 0 aliphatic rings. The molecule has 0 radical (unpaired) electrons. The van der Waals surface area contributed by atoms with Crippen molar-refractivity contribution in [2.75, 3.05) is 5.32 Å². The Morgan fingerprint density at radius 3 is 2.74 bits per heavy atom. The van der Waals surface area contributed by atoms with Gasteiger partial charge in [0.05, 0.1) is 0 Å². The number of nitrogens with one attached hydrogen (secondary N) is 1. The standard InChI is InChI=1S/C18H12FNO3/c19-13-5-3-6-14(11-13)20-9-8-16(21)15-10-12-4-1-2-7-17(12)23-18(15)22/h1-11,20H/b9-8+. The second-order valence-electron chi connectivity index (χ2n) is 4.84. The zero-order valence-electron chi connectivity index (χ0n) is 12.0. The van der Waals surface area contributed by atoms with Crippen molar-refractivity contribution in [2.45, 2.75) is 0 Å². The number of allylic oxidation sites excluding steroid dienone is 1. The van der Waals surface area contributed by atoms with Gasteiger partial charge < -0.3 is 9.73 Å². The third-order valence-electron chi connectivity index (χ3n) is 3.22. The first-order valence-electron chi connectivity index (χ1n) is 6.89. The fourth-order valence-corrected chi connectivity index (χ4v) is 2.12. The molecule has 0 aliphatic heterocycles. The molecule has 3 aromatic rings. The summed E-state index contributed by atoms with van der Waals surface area (Å²) in [6.07, 6.45) is 2.55. The summed E-state index contributed by atoms with van der Waals surface area (Å²) in [5.41, 5.74) is 0.181. The highest BCUT2D eigenvalue weighted by Gasteiger charge is 2.10. The molecule has 0 amide bonds. The van der Waals surface area contributed by atoms with E-state index in [9.17, 15) is 14.0 Å². The average Bonchev–Trinajstić information content (AvgIpc) is 2.54. The highest BCUT2D eigenvalue weighted by atomic mass is 19.1. The molecule has 5 heteroatoms. The van der Waals surface area contributed by atoms with Crippen LogP contribution in [0.2, 0.25) is 0 Å². The lowest BCUT2D eigenvalue weighted by molar-refractivity contribution is 0.104. The Bertz CT molecular complexity index is 960. The van der Waals surface area contributed by atoms with E-state index in [1.165, 1.54) is 30.5 Å². The summed E-state index contributed by atoms with van der Waals surface area (Å²) in [6, 6.07) is 14.3. The van der Waals surface area contributed by atoms with Gasteiger partial charge in [0, 0.05) is 23.3 Å². The quantitative estimate of drug-likeness (QED) is 0.453. The Morgan fingerprint density at radius 1 is 1.09 bits per heavy atom. The molecule has 23 heavy (non-hydrogen) atoms. The van der Waals surface area contributed by atoms with E-state index in [-0.39, 0.29) is 11.4 Å². The Labute approximate surface area is 130 Å². The molecule has 0 saturated heterocycles. The Balaban J connectivity index is 1.81. The molecule has 0 atom stereocenters. The predicted octanol–water partition coefficient (Wildman–Crippen LogP) is 3.74. The molecule has 1 aromatic heterocycles. The van der Waals surface area contributed by atoms with Crippen molar-refractivity contribution in [1.29, 1.82) is 0 Å². The lowest BCUT2D eigenvalue weighted by atomic mass is 10.1. The van der Waals surface area contributed by atoms with Gasteiger partial charge in [-0.05, 0) is 30.3 Å². The summed E-state index contributed by atoms with van der Waals surface area (Å²) in [5, 5.41) is 3.44. The van der Waals surface area contributed by atoms with Crippen LogP contribution in [0, 0.1) is 5.82 Å². The van der Waals surface area contributed by atoms with E-state index < -0.39 is 11.4 Å². The van der Waals surface area contributed by atoms with Crippen molar-refractivity contribution in [3.63, 3.8) is 0 Å². The molecule has 1 N–H and O–H groups in total. The van der Waals surface area contributed by atoms with Crippen LogP contribution in [0.1, 0.15) is 10.4 Å². The van der Waals surface area contributed by atoms with Crippen molar-refractivity contribution >= 4 is 22.4 Å². The van der Waals surface area contributed by atoms with Gasteiger partial charge in [-0.1, -0.05) is 24.3 Å². The van der Waals surface area contributed by atoms with Crippen LogP contribution in [0.4, 0.5) is 10.1 Å². The zero-order chi connectivity index (χ0) is 16.2. The van der Waals surface area contributed by atoms with Crippen molar-refractivity contribution in [2.24, 2.45) is 0 Å². The number of fused-ring (bicyclic) bond motifs is 1. The van der Waals surface area contributed by atoms with Gasteiger partial charge in [0.15, 0.2) is 5.78 Å². The van der Waals surface area contributed by atoms with E-state index in [1.54, 1.807) is 36.4 Å². The topological polar surface area (TPSA) is 59.3 Å². The second kappa shape index (κ2) is 6.27. The number of halogens is 1. The summed E-state index contributed by atoms with van der Waals surface area (Å²) in [4.78, 5) is 24.0. The lowest BCUT2D eigenvalue weighted by Gasteiger charge is -2.00. The number of ketones is 1. The first-order chi connectivity index (χ1) is 11.1. The minimum Gasteiger partial charge on any atom is -0.422 e. The van der Waals surface area contributed by atoms with Crippen molar-refractivity contribution in [3.8, 4) is 0 Å². The molecule has 4 nitrogen and oxygen atoms in total. The Kier molecular flexibility index (Phi) is 4.01. The highest BCUT2D eigenvalue weighted by Crippen LogP contribution is 2.13. The molecule has 0 saturated carbocycles. The molecule has 0 fully saturated rings. The van der Waals surface area contributed by atoms with Crippen LogP contribution in [-0.4, -0.2) is 5.78 Å². The van der Waals surface area contributed by atoms with E-state index in [0.717, 1.165) is 0 Å². The summed E-state index contributed by atoms with van der Waals surface area (Å²) < 4.78 is 18.1. The highest BCUT2D eigenvalue weighted by molar-refractivity contribution is 6.05. The number of anilines is 1. The number of hydrogen-bond donors (Lipinski definition) is 1. The number of para-hydroxylation sites is 1. The van der Waals surface area contributed by atoms with E-state index in [4.69, 9.17) is 4.42 Å². The fourth-order valence-electron chi connectivity index (χ4n) is 2.12.